The number of furan rings is 1. The Bertz CT molecular complexity index is 448. The van der Waals surface area contributed by atoms with Crippen molar-refractivity contribution in [1.29, 1.82) is 0 Å². The molecule has 1 N–H and O–H groups in total. The molecular weight excluding hydrogens is 226 g/mol. The molecule has 0 bridgehead atoms. The first-order valence-corrected chi connectivity index (χ1v) is 6.17. The second-order valence-corrected chi connectivity index (χ2v) is 4.24. The van der Waals surface area contributed by atoms with Crippen LogP contribution in [-0.2, 0) is 6.42 Å². The van der Waals surface area contributed by atoms with E-state index >= 15 is 0 Å². The molecule has 0 fully saturated rings. The fraction of sp³-hybridized carbons (Fsp3) is 0.333. The summed E-state index contributed by atoms with van der Waals surface area (Å²) in [4.78, 5) is 0. The second-order valence-electron chi connectivity index (χ2n) is 4.24. The number of rotatable bonds is 6. The Kier molecular flexibility index (Phi) is 4.42. The van der Waals surface area contributed by atoms with Crippen LogP contribution in [0.3, 0.4) is 0 Å². The molecule has 3 heteroatoms. The van der Waals surface area contributed by atoms with E-state index in [4.69, 9.17) is 9.15 Å². The summed E-state index contributed by atoms with van der Waals surface area (Å²) in [5.74, 6) is 1.89. The monoisotopic (exact) mass is 245 g/mol. The van der Waals surface area contributed by atoms with Gasteiger partial charge in [-0.2, -0.15) is 0 Å². The highest BCUT2D eigenvalue weighted by Gasteiger charge is 2.11. The van der Waals surface area contributed by atoms with Crippen LogP contribution in [0.15, 0.2) is 47.1 Å². The minimum atomic E-state index is 0.266. The molecule has 0 aliphatic carbocycles. The maximum Gasteiger partial charge on any atom is 0.120 e. The molecule has 2 aromatic rings. The Labute approximate surface area is 108 Å². The number of hydrogen-bond acceptors (Lipinski definition) is 3. The van der Waals surface area contributed by atoms with E-state index < -0.39 is 0 Å². The Morgan fingerprint density at radius 2 is 2.00 bits per heavy atom. The first-order valence-electron chi connectivity index (χ1n) is 6.17. The lowest BCUT2D eigenvalue weighted by molar-refractivity contribution is 0.412. The summed E-state index contributed by atoms with van der Waals surface area (Å²) in [5.41, 5.74) is 1.31. The van der Waals surface area contributed by atoms with Gasteiger partial charge in [-0.1, -0.05) is 12.1 Å². The van der Waals surface area contributed by atoms with E-state index in [1.165, 1.54) is 5.56 Å². The lowest BCUT2D eigenvalue weighted by Crippen LogP contribution is -2.16. The van der Waals surface area contributed by atoms with Gasteiger partial charge in [-0.3, -0.25) is 0 Å². The van der Waals surface area contributed by atoms with Crippen LogP contribution in [0.25, 0.3) is 0 Å². The third-order valence-corrected chi connectivity index (χ3v) is 3.12. The first-order chi connectivity index (χ1) is 8.83. The van der Waals surface area contributed by atoms with Crippen molar-refractivity contribution in [2.24, 2.45) is 0 Å². The lowest BCUT2D eigenvalue weighted by atomic mass is 10.0. The lowest BCUT2D eigenvalue weighted by Gasteiger charge is -2.13. The number of hydrogen-bond donors (Lipinski definition) is 1. The highest BCUT2D eigenvalue weighted by Crippen LogP contribution is 2.20. The van der Waals surface area contributed by atoms with Gasteiger partial charge in [-0.25, -0.2) is 0 Å². The van der Waals surface area contributed by atoms with Gasteiger partial charge in [0.1, 0.15) is 11.5 Å². The Morgan fingerprint density at radius 3 is 2.56 bits per heavy atom. The number of benzene rings is 1. The van der Waals surface area contributed by atoms with Crippen molar-refractivity contribution in [2.45, 2.75) is 18.9 Å². The summed E-state index contributed by atoms with van der Waals surface area (Å²) in [6.07, 6.45) is 3.74. The van der Waals surface area contributed by atoms with Gasteiger partial charge in [0.2, 0.25) is 0 Å². The highest BCUT2D eigenvalue weighted by atomic mass is 16.5. The van der Waals surface area contributed by atoms with E-state index in [0.717, 1.165) is 24.4 Å². The van der Waals surface area contributed by atoms with Crippen molar-refractivity contribution in [1.82, 2.24) is 5.32 Å². The van der Waals surface area contributed by atoms with Gasteiger partial charge < -0.3 is 14.5 Å². The van der Waals surface area contributed by atoms with E-state index in [2.05, 4.69) is 17.4 Å². The molecule has 3 nitrogen and oxygen atoms in total. The van der Waals surface area contributed by atoms with Crippen molar-refractivity contribution >= 4 is 0 Å². The normalized spacial score (nSPS) is 12.3. The average Bonchev–Trinajstić information content (AvgIpc) is 2.94. The second kappa shape index (κ2) is 6.26. The molecule has 1 aromatic carbocycles. The summed E-state index contributed by atoms with van der Waals surface area (Å²) < 4.78 is 10.6. The van der Waals surface area contributed by atoms with Crippen molar-refractivity contribution < 1.29 is 9.15 Å². The topological polar surface area (TPSA) is 34.4 Å². The van der Waals surface area contributed by atoms with E-state index in [0.29, 0.717) is 0 Å². The van der Waals surface area contributed by atoms with E-state index in [9.17, 15) is 0 Å². The van der Waals surface area contributed by atoms with Gasteiger partial charge in [0, 0.05) is 0 Å². The van der Waals surface area contributed by atoms with Gasteiger partial charge in [-0.05, 0) is 49.7 Å². The maximum atomic E-state index is 5.43. The first kappa shape index (κ1) is 12.7. The standard InChI is InChI=1S/C15H19NO2/c1-16-14(15-4-3-11-18-15)10-7-12-5-8-13(17-2)9-6-12/h3-6,8-9,11,14,16H,7,10H2,1-2H3. The predicted molar refractivity (Wildman–Crippen MR) is 71.8 cm³/mol. The minimum Gasteiger partial charge on any atom is -0.497 e. The quantitative estimate of drug-likeness (QED) is 0.848. The summed E-state index contributed by atoms with van der Waals surface area (Å²) in [5, 5.41) is 3.28. The van der Waals surface area contributed by atoms with Crippen molar-refractivity contribution in [3.05, 3.63) is 54.0 Å². The van der Waals surface area contributed by atoms with E-state index in [1.54, 1.807) is 13.4 Å². The molecule has 1 atom stereocenters. The molecule has 0 aliphatic rings. The Morgan fingerprint density at radius 1 is 1.22 bits per heavy atom. The van der Waals surface area contributed by atoms with Crippen LogP contribution in [0.2, 0.25) is 0 Å². The third-order valence-electron chi connectivity index (χ3n) is 3.12. The van der Waals surface area contributed by atoms with Crippen molar-refractivity contribution in [3.8, 4) is 5.75 Å². The van der Waals surface area contributed by atoms with E-state index in [-0.39, 0.29) is 6.04 Å². The largest absolute Gasteiger partial charge is 0.497 e. The summed E-state index contributed by atoms with van der Waals surface area (Å²) in [6.45, 7) is 0. The van der Waals surface area contributed by atoms with Crippen LogP contribution >= 0.6 is 0 Å². The summed E-state index contributed by atoms with van der Waals surface area (Å²) in [6, 6.07) is 12.4. The molecular formula is C15H19NO2. The molecule has 1 unspecified atom stereocenters. The zero-order valence-electron chi connectivity index (χ0n) is 10.8. The van der Waals surface area contributed by atoms with Crippen LogP contribution < -0.4 is 10.1 Å². The van der Waals surface area contributed by atoms with Crippen LogP contribution in [0.4, 0.5) is 0 Å². The van der Waals surface area contributed by atoms with Crippen molar-refractivity contribution in [3.63, 3.8) is 0 Å². The van der Waals surface area contributed by atoms with Crippen LogP contribution in [0.5, 0.6) is 5.75 Å². The van der Waals surface area contributed by atoms with E-state index in [1.807, 2.05) is 31.3 Å². The maximum absolute atomic E-state index is 5.43. The zero-order chi connectivity index (χ0) is 12.8. The molecule has 0 aliphatic heterocycles. The van der Waals surface area contributed by atoms with Crippen molar-refractivity contribution in [2.75, 3.05) is 14.2 Å². The number of aryl methyl sites for hydroxylation is 1. The van der Waals surface area contributed by atoms with Gasteiger partial charge in [0.25, 0.3) is 0 Å². The SMILES string of the molecule is CNC(CCc1ccc(OC)cc1)c1ccco1. The zero-order valence-corrected chi connectivity index (χ0v) is 10.8. The van der Waals surface area contributed by atoms with Crippen LogP contribution in [-0.4, -0.2) is 14.2 Å². The average molecular weight is 245 g/mol. The third kappa shape index (κ3) is 3.14. The summed E-state index contributed by atoms with van der Waals surface area (Å²) in [7, 11) is 3.64. The molecule has 0 spiro atoms. The Hall–Kier alpha value is -1.74. The Balaban J connectivity index is 1.93. The number of methoxy groups -OCH3 is 1. The number of nitrogens with one attached hydrogen (secondary N) is 1. The molecule has 1 heterocycles. The van der Waals surface area contributed by atoms with Gasteiger partial charge in [0.05, 0.1) is 19.4 Å². The molecule has 96 valence electrons. The molecule has 1 aromatic heterocycles. The smallest absolute Gasteiger partial charge is 0.120 e. The number of ether oxygens (including phenoxy) is 1. The predicted octanol–water partition coefficient (Wildman–Crippen LogP) is 3.18. The highest BCUT2D eigenvalue weighted by molar-refractivity contribution is 5.27. The van der Waals surface area contributed by atoms with Gasteiger partial charge >= 0.3 is 0 Å². The molecule has 0 saturated heterocycles. The minimum absolute atomic E-state index is 0.266. The molecule has 0 amide bonds. The summed E-state index contributed by atoms with van der Waals surface area (Å²) >= 11 is 0. The van der Waals surface area contributed by atoms with Crippen LogP contribution in [0.1, 0.15) is 23.8 Å². The fourth-order valence-electron chi connectivity index (χ4n) is 2.02. The molecule has 0 saturated carbocycles. The van der Waals surface area contributed by atoms with Gasteiger partial charge in [0.15, 0.2) is 0 Å². The fourth-order valence-corrected chi connectivity index (χ4v) is 2.02. The molecule has 0 radical (unpaired) electrons. The molecule has 18 heavy (non-hydrogen) atoms. The van der Waals surface area contributed by atoms with Gasteiger partial charge in [-0.15, -0.1) is 0 Å². The molecule has 2 rings (SSSR count). The van der Waals surface area contributed by atoms with Crippen LogP contribution in [0, 0.1) is 0 Å².